The van der Waals surface area contributed by atoms with Crippen LogP contribution in [-0.2, 0) is 21.9 Å². The number of thiol groups is 2. The van der Waals surface area contributed by atoms with Crippen molar-refractivity contribution in [1.29, 1.82) is 0 Å². The summed E-state index contributed by atoms with van der Waals surface area (Å²) in [5.74, 6) is 0. The van der Waals surface area contributed by atoms with E-state index in [2.05, 4.69) is 24.5 Å². The van der Waals surface area contributed by atoms with Gasteiger partial charge in [-0.25, -0.2) is 0 Å². The molecule has 0 spiro atoms. The van der Waals surface area contributed by atoms with E-state index in [9.17, 15) is 0 Å². The van der Waals surface area contributed by atoms with Crippen LogP contribution in [0.15, 0.2) is 0 Å². The third-order valence-corrected chi connectivity index (χ3v) is 8.04. The van der Waals surface area contributed by atoms with E-state index >= 15 is 0 Å². The highest BCUT2D eigenvalue weighted by atomic mass is 32.9. The van der Waals surface area contributed by atoms with Gasteiger partial charge in [0.15, 0.2) is 0 Å². The molecule has 4 nitrogen and oxygen atoms in total. The number of rotatable bonds is 2. The standard InChI is InChI=1S/CH8O4P2S4/c2-6(3,8)10-1-11-7(4,5)9/h2-5,8-9H,1H2/q+2. The second kappa shape index (κ2) is 4.91. The molecule has 0 aliphatic rings. The maximum absolute atomic E-state index is 8.72. The third-order valence-electron chi connectivity index (χ3n) is 0.452. The topological polar surface area (TPSA) is 80.9 Å². The highest BCUT2D eigenvalue weighted by molar-refractivity contribution is 8.65. The molecule has 0 fully saturated rings. The Labute approximate surface area is 82.2 Å². The van der Waals surface area contributed by atoms with Gasteiger partial charge in [0, 0.05) is 0 Å². The molecule has 0 aromatic heterocycles. The van der Waals surface area contributed by atoms with E-state index in [1.807, 2.05) is 0 Å². The van der Waals surface area contributed by atoms with Crippen molar-refractivity contribution in [2.75, 3.05) is 5.08 Å². The summed E-state index contributed by atoms with van der Waals surface area (Å²) in [5, 5.41) is 0.147. The van der Waals surface area contributed by atoms with Gasteiger partial charge in [-0.05, 0) is 24.5 Å². The Kier molecular flexibility index (Phi) is 5.73. The van der Waals surface area contributed by atoms with Gasteiger partial charge in [0.1, 0.15) is 0 Å². The molecule has 68 valence electrons. The smallest absolute Gasteiger partial charge is 0.304 e. The molecule has 0 aromatic carbocycles. The van der Waals surface area contributed by atoms with Crippen molar-refractivity contribution in [3.05, 3.63) is 0 Å². The van der Waals surface area contributed by atoms with Crippen LogP contribution in [0.25, 0.3) is 0 Å². The zero-order valence-electron chi connectivity index (χ0n) is 5.10. The predicted octanol–water partition coefficient (Wildman–Crippen LogP) is 0.293. The summed E-state index contributed by atoms with van der Waals surface area (Å²) >= 11 is 6.96. The van der Waals surface area contributed by atoms with Crippen molar-refractivity contribution in [3.63, 3.8) is 0 Å². The van der Waals surface area contributed by atoms with Crippen molar-refractivity contribution in [1.82, 2.24) is 0 Å². The summed E-state index contributed by atoms with van der Waals surface area (Å²) in [6.07, 6.45) is 0. The fourth-order valence-corrected chi connectivity index (χ4v) is 8.27. The van der Waals surface area contributed by atoms with Gasteiger partial charge in [-0.1, -0.05) is 0 Å². The summed E-state index contributed by atoms with van der Waals surface area (Å²) in [7, 11) is 1.54. The van der Waals surface area contributed by atoms with E-state index in [4.69, 9.17) is 19.6 Å². The van der Waals surface area contributed by atoms with Crippen molar-refractivity contribution in [3.8, 4) is 0 Å². The first-order valence-electron chi connectivity index (χ1n) is 2.14. The van der Waals surface area contributed by atoms with Crippen LogP contribution in [0, 0.1) is 0 Å². The maximum Gasteiger partial charge on any atom is 0.434 e. The van der Waals surface area contributed by atoms with Gasteiger partial charge < -0.3 is 19.6 Å². The van der Waals surface area contributed by atoms with Crippen molar-refractivity contribution in [2.24, 2.45) is 0 Å². The monoisotopic (exact) mass is 274 g/mol. The minimum Gasteiger partial charge on any atom is -0.304 e. The minimum absolute atomic E-state index is 0.147. The van der Waals surface area contributed by atoms with Gasteiger partial charge >= 0.3 is 16.5 Å². The molecule has 0 heterocycles. The summed E-state index contributed by atoms with van der Waals surface area (Å²) in [5.41, 5.74) is -6.30. The zero-order chi connectivity index (χ0) is 9.12. The lowest BCUT2D eigenvalue weighted by atomic mass is 11.9. The molecule has 0 radical (unpaired) electrons. The summed E-state index contributed by atoms with van der Waals surface area (Å²) in [4.78, 5) is 34.9. The van der Waals surface area contributed by atoms with E-state index in [0.29, 0.717) is 0 Å². The van der Waals surface area contributed by atoms with Gasteiger partial charge in [-0.2, -0.15) is 0 Å². The van der Waals surface area contributed by atoms with Crippen LogP contribution in [0.3, 0.4) is 0 Å². The van der Waals surface area contributed by atoms with Crippen LogP contribution in [0.2, 0.25) is 0 Å². The normalized spacial score (nSPS) is 12.9. The molecular formula is CH8O4P2S4+2. The van der Waals surface area contributed by atoms with Crippen LogP contribution in [0.1, 0.15) is 0 Å². The lowest BCUT2D eigenvalue weighted by molar-refractivity contribution is 0.501. The van der Waals surface area contributed by atoms with E-state index in [1.54, 1.807) is 0 Å². The summed E-state index contributed by atoms with van der Waals surface area (Å²) < 4.78 is 0. The molecule has 0 saturated carbocycles. The van der Waals surface area contributed by atoms with E-state index in [1.165, 1.54) is 0 Å². The maximum atomic E-state index is 8.72. The molecule has 11 heavy (non-hydrogen) atoms. The molecule has 0 unspecified atom stereocenters. The Hall–Kier alpha value is 1.84. The zero-order valence-corrected chi connectivity index (χ0v) is 10.3. The molecule has 4 N–H and O–H groups in total. The lowest BCUT2D eigenvalue weighted by Crippen LogP contribution is -1.80. The van der Waals surface area contributed by atoms with E-state index in [0.717, 1.165) is 21.9 Å². The Morgan fingerprint density at radius 3 is 1.36 bits per heavy atom. The van der Waals surface area contributed by atoms with Gasteiger partial charge in [-0.3, -0.25) is 0 Å². The van der Waals surface area contributed by atoms with Gasteiger partial charge in [0.25, 0.3) is 21.9 Å². The van der Waals surface area contributed by atoms with Crippen LogP contribution in [-0.4, -0.2) is 24.7 Å². The second-order valence-corrected chi connectivity index (χ2v) is 14.5. The van der Waals surface area contributed by atoms with Gasteiger partial charge in [0.2, 0.25) is 0 Å². The van der Waals surface area contributed by atoms with Gasteiger partial charge in [0.05, 0.1) is 0 Å². The van der Waals surface area contributed by atoms with Crippen LogP contribution in [0.5, 0.6) is 0 Å². The van der Waals surface area contributed by atoms with Crippen LogP contribution >= 0.6 is 35.9 Å². The SMILES string of the molecule is OP(O)(S)=[S+]C[S+]=P(O)(O)S. The molecular weight excluding hydrogens is 266 g/mol. The fourth-order valence-electron chi connectivity index (χ4n) is 0.165. The summed E-state index contributed by atoms with van der Waals surface area (Å²) in [6, 6.07) is 0. The molecule has 0 atom stereocenters. The summed E-state index contributed by atoms with van der Waals surface area (Å²) in [6.45, 7) is 0. The highest BCUT2D eigenvalue weighted by Crippen LogP contribution is 2.45. The highest BCUT2D eigenvalue weighted by Gasteiger charge is 2.24. The molecule has 0 aliphatic heterocycles. The number of hydrogen-bond donors (Lipinski definition) is 6. The van der Waals surface area contributed by atoms with Crippen LogP contribution in [0.4, 0.5) is 0 Å². The van der Waals surface area contributed by atoms with Crippen molar-refractivity contribution < 1.29 is 19.6 Å². The number of hydrogen-bond acceptors (Lipinski definition) is 0. The average molecular weight is 274 g/mol. The van der Waals surface area contributed by atoms with Gasteiger partial charge in [-0.15, -0.1) is 0 Å². The quantitative estimate of drug-likeness (QED) is 0.189. The molecule has 0 bridgehead atoms. The minimum atomic E-state index is -3.15. The van der Waals surface area contributed by atoms with Crippen LogP contribution < -0.4 is 0 Å². The predicted molar refractivity (Wildman–Crippen MR) is 60.3 cm³/mol. The van der Waals surface area contributed by atoms with E-state index in [-0.39, 0.29) is 5.08 Å². The lowest BCUT2D eigenvalue weighted by Gasteiger charge is -1.83. The average Bonchev–Trinajstić information content (AvgIpc) is 1.55. The van der Waals surface area contributed by atoms with E-state index < -0.39 is 11.4 Å². The Morgan fingerprint density at radius 2 is 1.18 bits per heavy atom. The third kappa shape index (κ3) is 11.8. The van der Waals surface area contributed by atoms with Crippen molar-refractivity contribution >= 4 is 57.8 Å². The fraction of sp³-hybridized carbons (Fsp3) is 1.00. The first kappa shape index (κ1) is 12.8. The molecule has 0 rings (SSSR count). The Balaban J connectivity index is 4.15. The Bertz CT molecular complexity index is 184. The molecule has 0 amide bonds. The molecule has 0 saturated heterocycles. The largest absolute Gasteiger partial charge is 0.434 e. The Morgan fingerprint density at radius 1 is 0.909 bits per heavy atom. The molecule has 0 aromatic rings. The van der Waals surface area contributed by atoms with Crippen molar-refractivity contribution in [2.45, 2.75) is 0 Å². The molecule has 10 heteroatoms. The first-order chi connectivity index (χ1) is 4.71. The molecule has 0 aliphatic carbocycles. The second-order valence-electron chi connectivity index (χ2n) is 1.40. The first-order valence-corrected chi connectivity index (χ1v) is 11.0.